The summed E-state index contributed by atoms with van der Waals surface area (Å²) in [4.78, 5) is 16.9. The second-order valence-corrected chi connectivity index (χ2v) is 8.59. The number of pyridine rings is 1. The first kappa shape index (κ1) is 21.5. The summed E-state index contributed by atoms with van der Waals surface area (Å²) >= 11 is 0. The van der Waals surface area contributed by atoms with Crippen LogP contribution in [0.3, 0.4) is 0 Å². The van der Waals surface area contributed by atoms with Gasteiger partial charge in [-0.25, -0.2) is 18.1 Å². The number of ether oxygens (including phenoxy) is 1. The highest BCUT2D eigenvalue weighted by molar-refractivity contribution is 7.89. The van der Waals surface area contributed by atoms with Crippen molar-refractivity contribution in [3.8, 4) is 5.88 Å². The van der Waals surface area contributed by atoms with Gasteiger partial charge in [0.15, 0.2) is 0 Å². The van der Waals surface area contributed by atoms with Crippen LogP contribution in [0.4, 0.5) is 5.69 Å². The fourth-order valence-corrected chi connectivity index (χ4v) is 3.89. The van der Waals surface area contributed by atoms with Gasteiger partial charge >= 0.3 is 0 Å². The number of aromatic nitrogens is 1. The SMILES string of the molecule is CNS(=O)(=O)c1cc(C(=O)Nc2ccc(OCc3ccccc3)nc2)cc(C)c1C. The van der Waals surface area contributed by atoms with E-state index in [-0.39, 0.29) is 10.5 Å². The van der Waals surface area contributed by atoms with Crippen molar-refractivity contribution in [2.75, 3.05) is 12.4 Å². The summed E-state index contributed by atoms with van der Waals surface area (Å²) in [5.74, 6) is 0.0100. The normalized spacial score (nSPS) is 11.2. The molecule has 0 fully saturated rings. The summed E-state index contributed by atoms with van der Waals surface area (Å²) in [5, 5.41) is 2.73. The average Bonchev–Trinajstić information content (AvgIpc) is 2.75. The first-order chi connectivity index (χ1) is 14.3. The summed E-state index contributed by atoms with van der Waals surface area (Å²) in [6.45, 7) is 3.87. The molecule has 2 aromatic carbocycles. The Morgan fingerprint density at radius 1 is 1.07 bits per heavy atom. The molecule has 0 radical (unpaired) electrons. The zero-order chi connectivity index (χ0) is 21.7. The maximum Gasteiger partial charge on any atom is 0.255 e. The zero-order valence-corrected chi connectivity index (χ0v) is 17.8. The van der Waals surface area contributed by atoms with Crippen LogP contribution >= 0.6 is 0 Å². The Bertz CT molecular complexity index is 1150. The molecule has 0 aliphatic rings. The van der Waals surface area contributed by atoms with Crippen molar-refractivity contribution in [3.05, 3.63) is 83.0 Å². The largest absolute Gasteiger partial charge is 0.473 e. The van der Waals surface area contributed by atoms with Crippen molar-refractivity contribution < 1.29 is 17.9 Å². The molecule has 0 aliphatic heterocycles. The van der Waals surface area contributed by atoms with E-state index in [0.29, 0.717) is 29.3 Å². The number of nitrogens with zero attached hydrogens (tertiary/aromatic N) is 1. The first-order valence-electron chi connectivity index (χ1n) is 9.29. The van der Waals surface area contributed by atoms with Gasteiger partial charge in [0.05, 0.1) is 16.8 Å². The Hall–Kier alpha value is -3.23. The summed E-state index contributed by atoms with van der Waals surface area (Å²) < 4.78 is 32.4. The van der Waals surface area contributed by atoms with Crippen LogP contribution in [0.5, 0.6) is 5.88 Å². The lowest BCUT2D eigenvalue weighted by atomic mass is 10.1. The number of hydrogen-bond acceptors (Lipinski definition) is 5. The Kier molecular flexibility index (Phi) is 6.49. The molecular formula is C22H23N3O4S. The van der Waals surface area contributed by atoms with E-state index in [1.807, 2.05) is 30.3 Å². The van der Waals surface area contributed by atoms with Gasteiger partial charge in [0, 0.05) is 11.6 Å². The van der Waals surface area contributed by atoms with Gasteiger partial charge in [-0.1, -0.05) is 30.3 Å². The lowest BCUT2D eigenvalue weighted by Gasteiger charge is -2.12. The lowest BCUT2D eigenvalue weighted by molar-refractivity contribution is 0.102. The molecule has 0 unspecified atom stereocenters. The van der Waals surface area contributed by atoms with E-state index in [1.54, 1.807) is 32.0 Å². The second kappa shape index (κ2) is 9.06. The topological polar surface area (TPSA) is 97.4 Å². The van der Waals surface area contributed by atoms with Crippen LogP contribution in [0.25, 0.3) is 0 Å². The van der Waals surface area contributed by atoms with Crippen LogP contribution in [0.1, 0.15) is 27.0 Å². The molecule has 0 saturated heterocycles. The Morgan fingerprint density at radius 3 is 2.43 bits per heavy atom. The third kappa shape index (κ3) is 5.03. The third-order valence-electron chi connectivity index (χ3n) is 4.66. The predicted octanol–water partition coefficient (Wildman–Crippen LogP) is 3.44. The smallest absolute Gasteiger partial charge is 0.255 e. The molecular weight excluding hydrogens is 402 g/mol. The molecule has 3 rings (SSSR count). The molecule has 0 bridgehead atoms. The standard InChI is InChI=1S/C22H23N3O4S/c1-15-11-18(12-20(16(15)2)30(27,28)23-3)22(26)25-19-9-10-21(24-13-19)29-14-17-7-5-4-6-8-17/h4-13,23H,14H2,1-3H3,(H,25,26). The van der Waals surface area contributed by atoms with Gasteiger partial charge in [-0.15, -0.1) is 0 Å². The van der Waals surface area contributed by atoms with Crippen LogP contribution in [-0.2, 0) is 16.6 Å². The fraction of sp³-hybridized carbons (Fsp3) is 0.182. The molecule has 30 heavy (non-hydrogen) atoms. The van der Waals surface area contributed by atoms with Crippen molar-refractivity contribution in [1.29, 1.82) is 0 Å². The van der Waals surface area contributed by atoms with Crippen LogP contribution in [0.2, 0.25) is 0 Å². The minimum Gasteiger partial charge on any atom is -0.473 e. The zero-order valence-electron chi connectivity index (χ0n) is 17.0. The summed E-state index contributed by atoms with van der Waals surface area (Å²) in [5.41, 5.74) is 3.06. The summed E-state index contributed by atoms with van der Waals surface area (Å²) in [7, 11) is -2.34. The monoisotopic (exact) mass is 425 g/mol. The van der Waals surface area contributed by atoms with Crippen LogP contribution in [0.15, 0.2) is 65.7 Å². The Morgan fingerprint density at radius 2 is 1.80 bits per heavy atom. The lowest BCUT2D eigenvalue weighted by Crippen LogP contribution is -2.21. The molecule has 1 heterocycles. The molecule has 1 amide bonds. The number of carbonyl (C=O) groups is 1. The molecule has 156 valence electrons. The van der Waals surface area contributed by atoms with Crippen molar-refractivity contribution in [1.82, 2.24) is 9.71 Å². The van der Waals surface area contributed by atoms with Crippen LogP contribution in [0, 0.1) is 13.8 Å². The number of carbonyl (C=O) groups excluding carboxylic acids is 1. The second-order valence-electron chi connectivity index (χ2n) is 6.74. The van der Waals surface area contributed by atoms with Gasteiger partial charge in [0.25, 0.3) is 5.91 Å². The molecule has 8 heteroatoms. The van der Waals surface area contributed by atoms with E-state index in [9.17, 15) is 13.2 Å². The van der Waals surface area contributed by atoms with Gasteiger partial charge < -0.3 is 10.1 Å². The summed E-state index contributed by atoms with van der Waals surface area (Å²) in [6, 6.07) is 16.1. The van der Waals surface area contributed by atoms with E-state index in [0.717, 1.165) is 5.56 Å². The van der Waals surface area contributed by atoms with E-state index in [2.05, 4.69) is 15.0 Å². The van der Waals surface area contributed by atoms with Crippen molar-refractivity contribution in [3.63, 3.8) is 0 Å². The Labute approximate surface area is 176 Å². The minimum atomic E-state index is -3.67. The number of sulfonamides is 1. The maximum atomic E-state index is 12.7. The number of rotatable bonds is 7. The molecule has 1 aromatic heterocycles. The number of hydrogen-bond donors (Lipinski definition) is 2. The molecule has 7 nitrogen and oxygen atoms in total. The first-order valence-corrected chi connectivity index (χ1v) is 10.8. The van der Waals surface area contributed by atoms with E-state index < -0.39 is 15.9 Å². The van der Waals surface area contributed by atoms with Crippen molar-refractivity contribution in [2.45, 2.75) is 25.3 Å². The number of benzene rings is 2. The number of aryl methyl sites for hydroxylation is 1. The van der Waals surface area contributed by atoms with Gasteiger partial charge in [0.1, 0.15) is 6.61 Å². The fourth-order valence-electron chi connectivity index (χ4n) is 2.82. The molecule has 2 N–H and O–H groups in total. The molecule has 3 aromatic rings. The Balaban J connectivity index is 1.71. The molecule has 0 saturated carbocycles. The molecule has 0 spiro atoms. The third-order valence-corrected chi connectivity index (χ3v) is 6.20. The van der Waals surface area contributed by atoms with Crippen molar-refractivity contribution in [2.24, 2.45) is 0 Å². The summed E-state index contributed by atoms with van der Waals surface area (Å²) in [6.07, 6.45) is 1.49. The highest BCUT2D eigenvalue weighted by Gasteiger charge is 2.19. The average molecular weight is 426 g/mol. The van der Waals surface area contributed by atoms with Gasteiger partial charge in [-0.2, -0.15) is 0 Å². The van der Waals surface area contributed by atoms with E-state index in [4.69, 9.17) is 4.74 Å². The van der Waals surface area contributed by atoms with Crippen LogP contribution in [-0.4, -0.2) is 26.4 Å². The number of amides is 1. The highest BCUT2D eigenvalue weighted by Crippen LogP contribution is 2.22. The van der Waals surface area contributed by atoms with Gasteiger partial charge in [0.2, 0.25) is 15.9 Å². The molecule has 0 aliphatic carbocycles. The number of nitrogens with one attached hydrogen (secondary N) is 2. The highest BCUT2D eigenvalue weighted by atomic mass is 32.2. The van der Waals surface area contributed by atoms with Gasteiger partial charge in [-0.05, 0) is 55.8 Å². The van der Waals surface area contributed by atoms with Crippen molar-refractivity contribution >= 4 is 21.6 Å². The van der Waals surface area contributed by atoms with E-state index in [1.165, 1.54) is 19.3 Å². The van der Waals surface area contributed by atoms with Gasteiger partial charge in [-0.3, -0.25) is 4.79 Å². The molecule has 0 atom stereocenters. The number of anilines is 1. The quantitative estimate of drug-likeness (QED) is 0.604. The maximum absolute atomic E-state index is 12.7. The van der Waals surface area contributed by atoms with E-state index >= 15 is 0 Å². The van der Waals surface area contributed by atoms with Crippen LogP contribution < -0.4 is 14.8 Å². The minimum absolute atomic E-state index is 0.0814. The predicted molar refractivity (Wildman–Crippen MR) is 115 cm³/mol.